The summed E-state index contributed by atoms with van der Waals surface area (Å²) in [5, 5.41) is 12.7. The number of anilines is 1. The molecule has 49 heavy (non-hydrogen) atoms. The van der Waals surface area contributed by atoms with Crippen LogP contribution in [0.25, 0.3) is 0 Å². The molecular weight excluding hydrogens is 756 g/mol. The first-order valence-corrected chi connectivity index (χ1v) is 18.9. The summed E-state index contributed by atoms with van der Waals surface area (Å²) in [6.07, 6.45) is 3.53. The second kappa shape index (κ2) is 15.5. The van der Waals surface area contributed by atoms with Crippen LogP contribution in [0.2, 0.25) is 0 Å². The summed E-state index contributed by atoms with van der Waals surface area (Å²) in [7, 11) is 1.86. The second-order valence-corrected chi connectivity index (χ2v) is 15.7. The molecule has 2 unspecified atom stereocenters. The van der Waals surface area contributed by atoms with Gasteiger partial charge in [0, 0.05) is 85.5 Å². The van der Waals surface area contributed by atoms with E-state index in [1.165, 1.54) is 0 Å². The highest BCUT2D eigenvalue weighted by atomic mass is 79.9. The maximum Gasteiger partial charge on any atom is 0.322 e. The Hall–Kier alpha value is -3.00. The molecule has 264 valence electrons. The van der Waals surface area contributed by atoms with Crippen molar-refractivity contribution >= 4 is 61.4 Å². The molecule has 2 N–H and O–H groups in total. The molecule has 0 saturated carbocycles. The average Bonchev–Trinajstić information content (AvgIpc) is 3.10. The third-order valence-corrected chi connectivity index (χ3v) is 12.6. The maximum atomic E-state index is 14.2. The van der Waals surface area contributed by atoms with Gasteiger partial charge in [0.25, 0.3) is 0 Å². The molecule has 0 bridgehead atoms. The van der Waals surface area contributed by atoms with E-state index in [1.54, 1.807) is 0 Å². The van der Waals surface area contributed by atoms with Gasteiger partial charge in [-0.05, 0) is 81.0 Å². The molecule has 0 aliphatic carbocycles. The molecule has 4 heterocycles. The lowest BCUT2D eigenvalue weighted by Gasteiger charge is -2.44. The number of hydrogen-bond acceptors (Lipinski definition) is 6. The molecule has 0 radical (unpaired) electrons. The van der Waals surface area contributed by atoms with Crippen molar-refractivity contribution in [1.82, 2.24) is 24.5 Å². The number of halogens is 2. The number of benzene rings is 2. The van der Waals surface area contributed by atoms with Crippen molar-refractivity contribution in [1.29, 1.82) is 0 Å². The zero-order valence-corrected chi connectivity index (χ0v) is 31.4. The third kappa shape index (κ3) is 8.16. The standard InChI is InChI=1S/C36H46Br2N6O5/c1-23-29(37)18-24(19-30(23)38)17-26(34(46)42-13-7-27(8-14-42)43-16-15-40(2)32(22-43)35(47)48)20-33(45)41-11-9-28(10-12-41)44-21-25-5-3-4-6-31(25)39-36(44)49/h3-6,18-19,26-28,32H,7-17,20-22H2,1-2H3,(H,39,49)(H,47,48). The monoisotopic (exact) mass is 800 g/mol. The minimum Gasteiger partial charge on any atom is -0.480 e. The molecule has 3 saturated heterocycles. The lowest BCUT2D eigenvalue weighted by Crippen LogP contribution is -2.59. The van der Waals surface area contributed by atoms with Crippen LogP contribution in [0.1, 0.15) is 48.8 Å². The molecule has 0 spiro atoms. The predicted molar refractivity (Wildman–Crippen MR) is 194 cm³/mol. The lowest BCUT2D eigenvalue weighted by atomic mass is 9.91. The quantitative estimate of drug-likeness (QED) is 0.395. The number of aliphatic carboxylic acids is 1. The molecule has 2 aromatic carbocycles. The fraction of sp³-hybridized carbons (Fsp3) is 0.556. The SMILES string of the molecule is Cc1c(Br)cc(CC(CC(=O)N2CCC(N3Cc4ccccc4NC3=O)CC2)C(=O)N2CCC(N3CCN(C)C(C(=O)O)C3)CC2)cc1Br. The van der Waals surface area contributed by atoms with Crippen LogP contribution in [-0.4, -0.2) is 124 Å². The predicted octanol–water partition coefficient (Wildman–Crippen LogP) is 4.80. The minimum atomic E-state index is -0.798. The largest absolute Gasteiger partial charge is 0.480 e. The van der Waals surface area contributed by atoms with E-state index < -0.39 is 17.9 Å². The number of para-hydroxylation sites is 1. The van der Waals surface area contributed by atoms with Gasteiger partial charge in [-0.1, -0.05) is 50.1 Å². The number of hydrogen-bond donors (Lipinski definition) is 2. The van der Waals surface area contributed by atoms with Gasteiger partial charge in [0.1, 0.15) is 6.04 Å². The summed E-state index contributed by atoms with van der Waals surface area (Å²) in [6, 6.07) is 11.6. The van der Waals surface area contributed by atoms with Crippen LogP contribution in [-0.2, 0) is 27.3 Å². The number of fused-ring (bicyclic) bond motifs is 1. The van der Waals surface area contributed by atoms with Crippen molar-refractivity contribution < 1.29 is 24.3 Å². The Bertz CT molecular complexity index is 1550. The number of amides is 4. The highest BCUT2D eigenvalue weighted by Crippen LogP contribution is 2.31. The fourth-order valence-corrected chi connectivity index (χ4v) is 9.12. The minimum absolute atomic E-state index is 0.0000472. The van der Waals surface area contributed by atoms with Crippen molar-refractivity contribution in [3.05, 3.63) is 62.0 Å². The Morgan fingerprint density at radius 3 is 2.22 bits per heavy atom. The van der Waals surface area contributed by atoms with Gasteiger partial charge in [0.15, 0.2) is 0 Å². The molecule has 3 fully saturated rings. The van der Waals surface area contributed by atoms with E-state index in [9.17, 15) is 24.3 Å². The Morgan fingerprint density at radius 1 is 0.918 bits per heavy atom. The van der Waals surface area contributed by atoms with E-state index in [4.69, 9.17) is 0 Å². The summed E-state index contributed by atoms with van der Waals surface area (Å²) in [5.74, 6) is -1.33. The Balaban J connectivity index is 1.09. The number of piperidine rings is 2. The van der Waals surface area contributed by atoms with Crippen LogP contribution in [0.15, 0.2) is 45.3 Å². The van der Waals surface area contributed by atoms with E-state index in [1.807, 2.05) is 70.0 Å². The van der Waals surface area contributed by atoms with Gasteiger partial charge in [-0.25, -0.2) is 4.79 Å². The number of likely N-dealkylation sites (tertiary alicyclic amines) is 2. The van der Waals surface area contributed by atoms with Crippen LogP contribution >= 0.6 is 31.9 Å². The van der Waals surface area contributed by atoms with Crippen LogP contribution in [0.4, 0.5) is 10.5 Å². The zero-order valence-electron chi connectivity index (χ0n) is 28.2. The van der Waals surface area contributed by atoms with E-state index in [-0.39, 0.29) is 36.3 Å². The van der Waals surface area contributed by atoms with Gasteiger partial charge in [-0.15, -0.1) is 0 Å². The number of carboxylic acid groups (broad SMARTS) is 1. The number of nitrogens with one attached hydrogen (secondary N) is 1. The van der Waals surface area contributed by atoms with Crippen molar-refractivity contribution in [2.75, 3.05) is 58.2 Å². The highest BCUT2D eigenvalue weighted by molar-refractivity contribution is 9.11. The van der Waals surface area contributed by atoms with Crippen LogP contribution in [0.5, 0.6) is 0 Å². The normalized spacial score (nSPS) is 22.1. The maximum absolute atomic E-state index is 14.2. The Kier molecular flexibility index (Phi) is 11.3. The molecule has 13 heteroatoms. The fourth-order valence-electron chi connectivity index (χ4n) is 7.83. The molecule has 11 nitrogen and oxygen atoms in total. The first kappa shape index (κ1) is 35.8. The Labute approximate surface area is 305 Å². The van der Waals surface area contributed by atoms with E-state index >= 15 is 0 Å². The summed E-state index contributed by atoms with van der Waals surface area (Å²) >= 11 is 7.30. The number of likely N-dealkylation sites (N-methyl/N-ethyl adjacent to an activating group) is 1. The van der Waals surface area contributed by atoms with Crippen molar-refractivity contribution in [2.45, 2.75) is 70.1 Å². The second-order valence-electron chi connectivity index (χ2n) is 14.0. The van der Waals surface area contributed by atoms with Gasteiger partial charge in [-0.2, -0.15) is 0 Å². The molecule has 4 aliphatic heterocycles. The van der Waals surface area contributed by atoms with Gasteiger partial charge in [-0.3, -0.25) is 24.2 Å². The number of rotatable bonds is 8. The molecule has 6 rings (SSSR count). The van der Waals surface area contributed by atoms with Crippen LogP contribution < -0.4 is 5.32 Å². The van der Waals surface area contributed by atoms with Gasteiger partial charge in [0.2, 0.25) is 11.8 Å². The number of urea groups is 1. The number of carbonyl (C=O) groups is 4. The molecular formula is C36H46Br2N6O5. The number of carbonyl (C=O) groups excluding carboxylic acids is 3. The lowest BCUT2D eigenvalue weighted by molar-refractivity contribution is -0.146. The van der Waals surface area contributed by atoms with Gasteiger partial charge < -0.3 is 25.1 Å². The van der Waals surface area contributed by atoms with Crippen molar-refractivity contribution in [3.63, 3.8) is 0 Å². The molecule has 2 aromatic rings. The number of carboxylic acids is 1. The summed E-state index contributed by atoms with van der Waals surface area (Å²) < 4.78 is 1.90. The van der Waals surface area contributed by atoms with Crippen LogP contribution in [0.3, 0.4) is 0 Å². The average molecular weight is 803 g/mol. The molecule has 4 aliphatic rings. The third-order valence-electron chi connectivity index (χ3n) is 11.0. The zero-order chi connectivity index (χ0) is 34.8. The summed E-state index contributed by atoms with van der Waals surface area (Å²) in [6.45, 7) is 6.87. The summed E-state index contributed by atoms with van der Waals surface area (Å²) in [5.41, 5.74) is 4.01. The topological polar surface area (TPSA) is 117 Å². The Morgan fingerprint density at radius 2 is 1.55 bits per heavy atom. The molecule has 4 amide bonds. The first-order valence-electron chi connectivity index (χ1n) is 17.3. The smallest absolute Gasteiger partial charge is 0.322 e. The van der Waals surface area contributed by atoms with Crippen LogP contribution in [0, 0.1) is 12.8 Å². The molecule has 0 aromatic heterocycles. The highest BCUT2D eigenvalue weighted by Gasteiger charge is 2.38. The van der Waals surface area contributed by atoms with E-state index in [0.717, 1.165) is 50.7 Å². The van der Waals surface area contributed by atoms with E-state index in [0.29, 0.717) is 65.1 Å². The van der Waals surface area contributed by atoms with Crippen molar-refractivity contribution in [3.8, 4) is 0 Å². The number of nitrogens with zero attached hydrogens (tertiary/aromatic N) is 5. The van der Waals surface area contributed by atoms with Crippen molar-refractivity contribution in [2.24, 2.45) is 5.92 Å². The number of piperazine rings is 1. The van der Waals surface area contributed by atoms with E-state index in [2.05, 4.69) is 42.1 Å². The van der Waals surface area contributed by atoms with Gasteiger partial charge in [0.05, 0.1) is 5.92 Å². The summed E-state index contributed by atoms with van der Waals surface area (Å²) in [4.78, 5) is 62.6. The molecule has 2 atom stereocenters. The first-order chi connectivity index (χ1) is 23.5. The van der Waals surface area contributed by atoms with Gasteiger partial charge >= 0.3 is 12.0 Å².